The van der Waals surface area contributed by atoms with E-state index in [1.165, 1.54) is 27.8 Å². The number of hydrogen-bond donors (Lipinski definition) is 10. The number of ketones is 3. The van der Waals surface area contributed by atoms with Crippen LogP contribution in [0.15, 0.2) is 120 Å². The van der Waals surface area contributed by atoms with Crippen molar-refractivity contribution in [2.75, 3.05) is 47.7 Å². The van der Waals surface area contributed by atoms with E-state index in [0.717, 1.165) is 49.3 Å². The highest BCUT2D eigenvalue weighted by Crippen LogP contribution is 2.46. The van der Waals surface area contributed by atoms with Gasteiger partial charge in [-0.05, 0) is 78.6 Å². The van der Waals surface area contributed by atoms with Crippen LogP contribution < -0.4 is 37.3 Å². The lowest BCUT2D eigenvalue weighted by atomic mass is 9.93. The van der Waals surface area contributed by atoms with E-state index in [1.807, 2.05) is 79.7 Å². The van der Waals surface area contributed by atoms with E-state index in [-0.39, 0.29) is 78.3 Å². The Morgan fingerprint density at radius 1 is 0.758 bits per heavy atom. The molecule has 0 fully saturated rings. The molecule has 4 aromatic heterocycles. The lowest BCUT2D eigenvalue weighted by Gasteiger charge is -2.21. The van der Waals surface area contributed by atoms with E-state index in [9.17, 15) is 68.1 Å². The van der Waals surface area contributed by atoms with Crippen molar-refractivity contribution >= 4 is 148 Å². The molecule has 12 N–H and O–H groups in total. The molecule has 30 heteroatoms. The summed E-state index contributed by atoms with van der Waals surface area (Å²) in [5.74, 6) is -8.13. The molecule has 0 saturated carbocycles. The van der Waals surface area contributed by atoms with Crippen LogP contribution in [0.25, 0.3) is 43.7 Å². The third-order valence-electron chi connectivity index (χ3n) is 16.3. The number of carboxylic acid groups (broad SMARTS) is 3. The fraction of sp³-hybridized carbons (Fsp3) is 0.304. The van der Waals surface area contributed by atoms with Gasteiger partial charge in [-0.1, -0.05) is 101 Å². The third-order valence-corrected chi connectivity index (χ3v) is 19.2. The van der Waals surface area contributed by atoms with Gasteiger partial charge in [0.1, 0.15) is 17.5 Å². The first-order valence-corrected chi connectivity index (χ1v) is 34.4. The van der Waals surface area contributed by atoms with E-state index in [0.29, 0.717) is 59.5 Å². The summed E-state index contributed by atoms with van der Waals surface area (Å²) in [6.45, 7) is 3.70. The van der Waals surface area contributed by atoms with Crippen LogP contribution in [0.1, 0.15) is 106 Å². The number of aliphatic carboxylic acids is 3. The monoisotopic (exact) mass is 1410 g/mol. The van der Waals surface area contributed by atoms with Crippen LogP contribution in [0.5, 0.6) is 5.75 Å². The van der Waals surface area contributed by atoms with Gasteiger partial charge in [0, 0.05) is 101 Å². The number of rotatable bonds is 31. The summed E-state index contributed by atoms with van der Waals surface area (Å²) >= 11 is 6.43. The smallest absolute Gasteiger partial charge is 0.481 e. The van der Waals surface area contributed by atoms with Crippen molar-refractivity contribution in [3.05, 3.63) is 165 Å². The number of carbonyl (C=O) groups is 10. The molecule has 1 aliphatic rings. The summed E-state index contributed by atoms with van der Waals surface area (Å²) in [4.78, 5) is 160. The lowest BCUT2D eigenvalue weighted by Crippen LogP contribution is -2.53. The van der Waals surface area contributed by atoms with Crippen molar-refractivity contribution < 1.29 is 72.7 Å². The number of carbonyl (C=O) groups excluding carboxylic acids is 7. The number of Topliss-reactive ketones (excluding diaryl/α,β-unsaturated/α-hetero) is 3. The molecule has 5 aromatic carbocycles. The minimum absolute atomic E-state index is 0.0127. The maximum Gasteiger partial charge on any atom is 0.513 e. The zero-order chi connectivity index (χ0) is 71.0. The van der Waals surface area contributed by atoms with Crippen LogP contribution in [0.2, 0.25) is 0 Å². The number of amides is 3. The maximum atomic E-state index is 14.0. The van der Waals surface area contributed by atoms with Gasteiger partial charge in [0.15, 0.2) is 28.5 Å². The van der Waals surface area contributed by atoms with E-state index >= 15 is 0 Å². The van der Waals surface area contributed by atoms with Crippen LogP contribution in [0.4, 0.5) is 16.4 Å². The second kappa shape index (κ2) is 33.6. The number of H-pyrrole nitrogens is 3. The normalized spacial score (nSPS) is 13.7. The lowest BCUT2D eigenvalue weighted by molar-refractivity contribution is -0.144. The number of benzene rings is 5. The summed E-state index contributed by atoms with van der Waals surface area (Å²) in [6, 6.07) is 30.0. The summed E-state index contributed by atoms with van der Waals surface area (Å²) in [6.07, 6.45) is -0.414. The van der Waals surface area contributed by atoms with Crippen LogP contribution in [-0.2, 0) is 52.8 Å². The van der Waals surface area contributed by atoms with Gasteiger partial charge in [-0.2, -0.15) is 4.98 Å². The topological polar surface area (TPSA) is 432 Å². The number of nitrogens with one attached hydrogen (secondary N) is 5. The third kappa shape index (κ3) is 18.8. The molecule has 5 atom stereocenters. The van der Waals surface area contributed by atoms with Crippen molar-refractivity contribution in [1.29, 1.82) is 0 Å². The fourth-order valence-corrected chi connectivity index (χ4v) is 13.4. The van der Waals surface area contributed by atoms with Crippen molar-refractivity contribution in [3.63, 3.8) is 0 Å². The molecule has 0 spiro atoms. The molecule has 9 aromatic rings. The number of anilines is 2. The van der Waals surface area contributed by atoms with Crippen molar-refractivity contribution in [2.45, 2.75) is 83.2 Å². The molecule has 3 amide bonds. The summed E-state index contributed by atoms with van der Waals surface area (Å²) < 4.78 is 10.6. The molecule has 516 valence electrons. The largest absolute Gasteiger partial charge is 0.513 e. The number of alkyl halides is 1. The van der Waals surface area contributed by atoms with Gasteiger partial charge in [-0.3, -0.25) is 52.9 Å². The zero-order valence-electron chi connectivity index (χ0n) is 53.5. The number of nitrogens with two attached hydrogens (primary N) is 2. The second-order valence-corrected chi connectivity index (χ2v) is 26.3. The molecule has 0 radical (unpaired) electrons. The van der Waals surface area contributed by atoms with E-state index in [1.54, 1.807) is 48.2 Å². The Balaban J connectivity index is 0.000000236. The highest BCUT2D eigenvalue weighted by molar-refractivity contribution is 8.76. The van der Waals surface area contributed by atoms with Gasteiger partial charge in [0.25, 0.3) is 11.5 Å². The average Bonchev–Trinajstić information content (AvgIpc) is 1.60. The standard InChI is InChI=1S/C35H28ClN3O5.C34H42N8O11S2/c1-2-43-35(42)44-32-17-30-33(25-9-5-4-8-24(25)32)23(18-36)19-39(30)34(41)29-16-22-13-20(11-12-27(22)38-29)14-31(40)28-15-21-7-3-6-10-26(21)37-28;1-2-54-55-16-20(33(52)53)12-25(44)23(13-27(46)47)40-30(48)22(35)15-37-26(45)10-8-19(32(50)51)11-24(43)18-6-3-17(4-7-18)5-9-21-14-38-29-28(39-21)31(49)42-34(36)41-29/h3-13,15-17,23,37-38H,2,14,18-19H2,1H3;3-4,6-7,14,19-20,22-23H,2,5,8-13,15-16,35H2,1H3,(H,37,45)(H,40,48)(H,46,47)(H,50,51)(H,52,53)(H3,36,38,41,42,49). The number of hydrogen-bond acceptors (Lipinski definition) is 20. The number of para-hydroxylation sites is 1. The number of nitrogen functional groups attached to an aromatic ring is 1. The fourth-order valence-electron chi connectivity index (χ4n) is 11.2. The Morgan fingerprint density at radius 2 is 1.45 bits per heavy atom. The van der Waals surface area contributed by atoms with Gasteiger partial charge in [0.2, 0.25) is 17.8 Å². The zero-order valence-corrected chi connectivity index (χ0v) is 55.9. The Bertz CT molecular complexity index is 4590. The Labute approximate surface area is 577 Å². The number of aryl methyl sites for hydroxylation is 2. The summed E-state index contributed by atoms with van der Waals surface area (Å²) in [7, 11) is 2.65. The molecule has 0 saturated heterocycles. The number of fused-ring (bicyclic) bond motifs is 6. The molecule has 99 heavy (non-hydrogen) atoms. The predicted octanol–water partition coefficient (Wildman–Crippen LogP) is 8.34. The number of aromatic amines is 3. The molecule has 10 rings (SSSR count). The van der Waals surface area contributed by atoms with Gasteiger partial charge in [-0.25, -0.2) is 14.8 Å². The first-order chi connectivity index (χ1) is 47.5. The average molecular weight is 1410 g/mol. The van der Waals surface area contributed by atoms with Gasteiger partial charge in [-0.15, -0.1) is 11.6 Å². The van der Waals surface area contributed by atoms with Crippen molar-refractivity contribution in [3.8, 4) is 5.75 Å². The number of ether oxygens (including phenoxy) is 2. The van der Waals surface area contributed by atoms with Crippen LogP contribution in [-0.4, -0.2) is 154 Å². The molecule has 5 heterocycles. The Morgan fingerprint density at radius 3 is 2.16 bits per heavy atom. The van der Waals surface area contributed by atoms with E-state index in [2.05, 4.69) is 40.5 Å². The highest BCUT2D eigenvalue weighted by atomic mass is 35.5. The minimum Gasteiger partial charge on any atom is -0.481 e. The molecule has 0 bridgehead atoms. The van der Waals surface area contributed by atoms with Gasteiger partial charge < -0.3 is 61.8 Å². The van der Waals surface area contributed by atoms with Crippen LogP contribution >= 0.6 is 33.2 Å². The second-order valence-electron chi connectivity index (χ2n) is 23.2. The summed E-state index contributed by atoms with van der Waals surface area (Å²) in [5.41, 5.74) is 17.8. The predicted molar refractivity (Wildman–Crippen MR) is 373 cm³/mol. The summed E-state index contributed by atoms with van der Waals surface area (Å²) in [5, 5.41) is 36.5. The minimum atomic E-state index is -1.56. The molecule has 0 aliphatic carbocycles. The number of halogens is 1. The quantitative estimate of drug-likeness (QED) is 0.00487. The van der Waals surface area contributed by atoms with Crippen molar-refractivity contribution in [2.24, 2.45) is 17.6 Å². The first kappa shape index (κ1) is 72.8. The number of carboxylic acids is 3. The Hall–Kier alpha value is -10.5. The van der Waals surface area contributed by atoms with Crippen LogP contribution in [0.3, 0.4) is 0 Å². The molecule has 1 aliphatic heterocycles. The molecule has 27 nitrogen and oxygen atoms in total. The van der Waals surface area contributed by atoms with Crippen molar-refractivity contribution in [1.82, 2.24) is 40.5 Å². The van der Waals surface area contributed by atoms with E-state index < -0.39 is 96.3 Å². The van der Waals surface area contributed by atoms with Gasteiger partial charge in [0.05, 0.1) is 54.2 Å². The molecular weight excluding hydrogens is 1340 g/mol. The van der Waals surface area contributed by atoms with Gasteiger partial charge >= 0.3 is 24.1 Å². The highest BCUT2D eigenvalue weighted by Gasteiger charge is 2.37. The van der Waals surface area contributed by atoms with Crippen LogP contribution in [0, 0.1) is 11.8 Å². The number of aromatic nitrogens is 6. The SMILES string of the molecule is CCOC(=O)Oc1cc2c(c3ccccc13)C(CCl)CN2C(=O)c1cc2cc(CC(=O)c3cc4ccccc4[nH]3)ccc2[nH]1.CCSSCC(CC(=O)C(CC(=O)O)NC(=O)C(N)CNC(=O)CCC(CC(=O)c1ccc(CCc2cnc3nc(N)[nH]c(=O)c3n2)cc1)C(=O)O)C(=O)O. The number of nitrogens with zero attached hydrogens (tertiary/aromatic N) is 4. The maximum absolute atomic E-state index is 14.0. The van der Waals surface area contributed by atoms with E-state index in [4.69, 9.17) is 32.5 Å². The first-order valence-electron chi connectivity index (χ1n) is 31.4. The molecular formula is C69H70ClN11O16S2. The Kier molecular flexibility index (Phi) is 24.7. The molecule has 5 unspecified atom stereocenters.